The molecular weight excluding hydrogens is 301 g/mol. The van der Waals surface area contributed by atoms with E-state index in [1.807, 2.05) is 0 Å². The number of nitrogens with one attached hydrogen (secondary N) is 1. The normalized spacial score (nSPS) is 19.2. The van der Waals surface area contributed by atoms with Gasteiger partial charge in [0.25, 0.3) is 0 Å². The van der Waals surface area contributed by atoms with Crippen LogP contribution in [0.4, 0.5) is 18.9 Å². The van der Waals surface area contributed by atoms with Gasteiger partial charge in [0.15, 0.2) is 5.11 Å². The molecule has 1 heterocycles. The minimum atomic E-state index is -4.67. The SMILES string of the molecule is C[C@H]1CCCCN1C(=S)Nc1ccc(OC(F)(F)F)cc1. The highest BCUT2D eigenvalue weighted by molar-refractivity contribution is 7.80. The summed E-state index contributed by atoms with van der Waals surface area (Å²) in [4.78, 5) is 2.11. The van der Waals surface area contributed by atoms with Crippen LogP contribution in [0.1, 0.15) is 26.2 Å². The van der Waals surface area contributed by atoms with Crippen molar-refractivity contribution >= 4 is 23.0 Å². The molecule has 1 N–H and O–H groups in total. The molecule has 0 bridgehead atoms. The van der Waals surface area contributed by atoms with Crippen molar-refractivity contribution in [2.24, 2.45) is 0 Å². The van der Waals surface area contributed by atoms with Crippen LogP contribution in [0.25, 0.3) is 0 Å². The molecule has 1 aliphatic rings. The summed E-state index contributed by atoms with van der Waals surface area (Å²) in [5, 5.41) is 3.66. The van der Waals surface area contributed by atoms with Crippen LogP contribution in [0.2, 0.25) is 0 Å². The van der Waals surface area contributed by atoms with E-state index >= 15 is 0 Å². The van der Waals surface area contributed by atoms with Gasteiger partial charge in [0.1, 0.15) is 5.75 Å². The molecule has 1 saturated heterocycles. The number of anilines is 1. The monoisotopic (exact) mass is 318 g/mol. The number of nitrogens with zero attached hydrogens (tertiary/aromatic N) is 1. The maximum absolute atomic E-state index is 12.1. The summed E-state index contributed by atoms with van der Waals surface area (Å²) in [5.41, 5.74) is 0.646. The Bertz CT molecular complexity index is 490. The van der Waals surface area contributed by atoms with Crippen molar-refractivity contribution in [1.82, 2.24) is 4.90 Å². The third-order valence-corrected chi connectivity index (χ3v) is 3.74. The molecule has 0 aliphatic carbocycles. The van der Waals surface area contributed by atoms with Crippen LogP contribution >= 0.6 is 12.2 Å². The highest BCUT2D eigenvalue weighted by Gasteiger charge is 2.31. The fourth-order valence-corrected chi connectivity index (χ4v) is 2.72. The average molecular weight is 318 g/mol. The van der Waals surface area contributed by atoms with E-state index in [0.717, 1.165) is 19.4 Å². The fraction of sp³-hybridized carbons (Fsp3) is 0.500. The first-order valence-electron chi connectivity index (χ1n) is 6.78. The lowest BCUT2D eigenvalue weighted by Crippen LogP contribution is -2.44. The van der Waals surface area contributed by atoms with Gasteiger partial charge in [-0.15, -0.1) is 13.2 Å². The van der Waals surface area contributed by atoms with Crippen LogP contribution in [0, 0.1) is 0 Å². The third-order valence-electron chi connectivity index (χ3n) is 3.40. The van der Waals surface area contributed by atoms with Crippen LogP contribution in [0.3, 0.4) is 0 Å². The minimum Gasteiger partial charge on any atom is -0.406 e. The van der Waals surface area contributed by atoms with Crippen LogP contribution in [-0.4, -0.2) is 29.0 Å². The van der Waals surface area contributed by atoms with Gasteiger partial charge in [0.2, 0.25) is 0 Å². The number of halogens is 3. The molecule has 0 radical (unpaired) electrons. The largest absolute Gasteiger partial charge is 0.573 e. The lowest BCUT2D eigenvalue weighted by Gasteiger charge is -2.35. The average Bonchev–Trinajstić information content (AvgIpc) is 2.40. The van der Waals surface area contributed by atoms with Crippen LogP contribution < -0.4 is 10.1 Å². The Morgan fingerprint density at radius 2 is 1.95 bits per heavy atom. The second-order valence-corrected chi connectivity index (χ2v) is 5.43. The van der Waals surface area contributed by atoms with E-state index in [2.05, 4.69) is 21.9 Å². The molecule has 1 aliphatic heterocycles. The minimum absolute atomic E-state index is 0.245. The summed E-state index contributed by atoms with van der Waals surface area (Å²) in [6, 6.07) is 5.94. The fourth-order valence-electron chi connectivity index (χ4n) is 2.34. The zero-order chi connectivity index (χ0) is 15.5. The number of hydrogen-bond donors (Lipinski definition) is 1. The molecule has 116 valence electrons. The molecule has 7 heteroatoms. The summed E-state index contributed by atoms with van der Waals surface area (Å²) in [5.74, 6) is -0.245. The van der Waals surface area contributed by atoms with E-state index in [1.54, 1.807) is 0 Å². The molecule has 3 nitrogen and oxygen atoms in total. The number of ether oxygens (including phenoxy) is 1. The number of thiocarbonyl (C=S) groups is 1. The standard InChI is InChI=1S/C14H17F3N2OS/c1-10-4-2-3-9-19(10)13(21)18-11-5-7-12(8-6-11)20-14(15,16)17/h5-8,10H,2-4,9H2,1H3,(H,18,21)/t10-/m0/s1. The Balaban J connectivity index is 1.95. The number of alkyl halides is 3. The Labute approximate surface area is 127 Å². The first-order valence-corrected chi connectivity index (χ1v) is 7.19. The smallest absolute Gasteiger partial charge is 0.406 e. The lowest BCUT2D eigenvalue weighted by atomic mass is 10.0. The summed E-state index contributed by atoms with van der Waals surface area (Å²) >= 11 is 5.36. The van der Waals surface area contributed by atoms with E-state index in [0.29, 0.717) is 16.8 Å². The van der Waals surface area contributed by atoms with Gasteiger partial charge in [-0.2, -0.15) is 0 Å². The predicted octanol–water partition coefficient (Wildman–Crippen LogP) is 4.16. The van der Waals surface area contributed by atoms with E-state index in [4.69, 9.17) is 12.2 Å². The highest BCUT2D eigenvalue weighted by atomic mass is 32.1. The molecule has 0 amide bonds. The molecule has 1 fully saturated rings. The summed E-state index contributed by atoms with van der Waals surface area (Å²) < 4.78 is 40.0. The van der Waals surface area contributed by atoms with E-state index in [9.17, 15) is 13.2 Å². The van der Waals surface area contributed by atoms with Crippen molar-refractivity contribution in [2.75, 3.05) is 11.9 Å². The second-order valence-electron chi connectivity index (χ2n) is 5.04. The lowest BCUT2D eigenvalue weighted by molar-refractivity contribution is -0.274. The van der Waals surface area contributed by atoms with Gasteiger partial charge < -0.3 is 15.0 Å². The van der Waals surface area contributed by atoms with Gasteiger partial charge in [0, 0.05) is 18.3 Å². The summed E-state index contributed by atoms with van der Waals surface area (Å²) in [7, 11) is 0. The van der Waals surface area contributed by atoms with E-state index < -0.39 is 6.36 Å². The number of benzene rings is 1. The molecule has 1 aromatic rings. The van der Waals surface area contributed by atoms with Crippen molar-refractivity contribution in [3.05, 3.63) is 24.3 Å². The molecule has 2 rings (SSSR count). The molecule has 1 atom stereocenters. The number of rotatable bonds is 2. The summed E-state index contributed by atoms with van der Waals surface area (Å²) in [6.45, 7) is 3.02. The maximum atomic E-state index is 12.1. The second kappa shape index (κ2) is 6.51. The Morgan fingerprint density at radius 1 is 1.29 bits per heavy atom. The first kappa shape index (κ1) is 15.9. The molecular formula is C14H17F3N2OS. The molecule has 0 saturated carbocycles. The number of hydrogen-bond acceptors (Lipinski definition) is 2. The first-order chi connectivity index (χ1) is 9.85. The zero-order valence-electron chi connectivity index (χ0n) is 11.6. The van der Waals surface area contributed by atoms with Gasteiger partial charge in [-0.1, -0.05) is 0 Å². The van der Waals surface area contributed by atoms with Crippen molar-refractivity contribution in [1.29, 1.82) is 0 Å². The molecule has 1 aromatic carbocycles. The van der Waals surface area contributed by atoms with Crippen molar-refractivity contribution in [2.45, 2.75) is 38.6 Å². The zero-order valence-corrected chi connectivity index (χ0v) is 12.4. The molecule has 21 heavy (non-hydrogen) atoms. The van der Waals surface area contributed by atoms with Crippen LogP contribution in [0.15, 0.2) is 24.3 Å². The third kappa shape index (κ3) is 4.77. The van der Waals surface area contributed by atoms with Gasteiger partial charge in [-0.25, -0.2) is 0 Å². The van der Waals surface area contributed by atoms with Gasteiger partial charge in [-0.3, -0.25) is 0 Å². The molecule has 0 unspecified atom stereocenters. The quantitative estimate of drug-likeness (QED) is 0.828. The number of piperidine rings is 1. The van der Waals surface area contributed by atoms with E-state index in [-0.39, 0.29) is 5.75 Å². The highest BCUT2D eigenvalue weighted by Crippen LogP contribution is 2.24. The topological polar surface area (TPSA) is 24.5 Å². The molecule has 0 spiro atoms. The van der Waals surface area contributed by atoms with Gasteiger partial charge >= 0.3 is 6.36 Å². The van der Waals surface area contributed by atoms with Gasteiger partial charge in [0.05, 0.1) is 0 Å². The predicted molar refractivity (Wildman–Crippen MR) is 79.4 cm³/mol. The van der Waals surface area contributed by atoms with Crippen molar-refractivity contribution < 1.29 is 17.9 Å². The molecule has 0 aromatic heterocycles. The van der Waals surface area contributed by atoms with Crippen molar-refractivity contribution in [3.8, 4) is 5.75 Å². The van der Waals surface area contributed by atoms with Crippen molar-refractivity contribution in [3.63, 3.8) is 0 Å². The summed E-state index contributed by atoms with van der Waals surface area (Å²) in [6.07, 6.45) is -1.28. The maximum Gasteiger partial charge on any atom is 0.573 e. The Kier molecular flexibility index (Phi) is 4.92. The van der Waals surface area contributed by atoms with E-state index in [1.165, 1.54) is 30.7 Å². The Hall–Kier alpha value is -1.50. The number of likely N-dealkylation sites (tertiary alicyclic amines) is 1. The van der Waals surface area contributed by atoms with Crippen LogP contribution in [0.5, 0.6) is 5.75 Å². The van der Waals surface area contributed by atoms with Gasteiger partial charge in [-0.05, 0) is 62.7 Å². The Morgan fingerprint density at radius 3 is 2.52 bits per heavy atom. The van der Waals surface area contributed by atoms with Crippen LogP contribution in [-0.2, 0) is 0 Å².